The Morgan fingerprint density at radius 2 is 1.97 bits per heavy atom. The molecule has 1 aliphatic rings. The number of morpholine rings is 1. The lowest BCUT2D eigenvalue weighted by atomic mass is 10.2. The number of carbonyl (C=O) groups excluding carboxylic acids is 1. The van der Waals surface area contributed by atoms with Crippen molar-refractivity contribution in [2.45, 2.75) is 30.4 Å². The molecule has 1 fully saturated rings. The fourth-order valence-corrected chi connectivity index (χ4v) is 3.75. The Morgan fingerprint density at radius 1 is 1.28 bits per heavy atom. The van der Waals surface area contributed by atoms with E-state index in [0.29, 0.717) is 37.4 Å². The topological polar surface area (TPSA) is 72.3 Å². The number of amides is 1. The number of para-hydroxylation sites is 1. The molecule has 2 heterocycles. The molecule has 1 N–H and O–H groups in total. The van der Waals surface area contributed by atoms with Gasteiger partial charge in [0.25, 0.3) is 0 Å². The summed E-state index contributed by atoms with van der Waals surface area (Å²) < 4.78 is 44.4. The molecule has 1 aliphatic heterocycles. The molecular formula is C18H22F3N5O2S. The highest BCUT2D eigenvalue weighted by Crippen LogP contribution is 2.31. The van der Waals surface area contributed by atoms with Crippen LogP contribution in [0.5, 0.6) is 0 Å². The minimum absolute atomic E-state index is 0.440. The van der Waals surface area contributed by atoms with Crippen LogP contribution in [0.2, 0.25) is 0 Å². The standard InChI is InChI=1S/C18H22F3N5O2S/c1-12-5-3-4-6-14(12)26-16(25-7-9-28-10-8-25)23-24-17(26)29-13(2)15(27)22-11-18(19,20)21/h3-6,13H,7-11H2,1-2H3,(H,22,27). The highest BCUT2D eigenvalue weighted by Gasteiger charge is 2.30. The quantitative estimate of drug-likeness (QED) is 0.712. The molecule has 7 nitrogen and oxygen atoms in total. The summed E-state index contributed by atoms with van der Waals surface area (Å²) in [5.41, 5.74) is 1.84. The van der Waals surface area contributed by atoms with Crippen molar-refractivity contribution in [1.82, 2.24) is 20.1 Å². The molecule has 0 bridgehead atoms. The Hall–Kier alpha value is -2.27. The van der Waals surface area contributed by atoms with Crippen LogP contribution in [0.1, 0.15) is 12.5 Å². The molecular weight excluding hydrogens is 407 g/mol. The Balaban J connectivity index is 1.87. The second kappa shape index (κ2) is 9.04. The van der Waals surface area contributed by atoms with Crippen molar-refractivity contribution in [2.24, 2.45) is 0 Å². The molecule has 3 rings (SSSR count). The zero-order valence-corrected chi connectivity index (χ0v) is 16.9. The number of aromatic nitrogens is 3. The van der Waals surface area contributed by atoms with Crippen LogP contribution in [0.3, 0.4) is 0 Å². The highest BCUT2D eigenvalue weighted by molar-refractivity contribution is 8.00. The molecule has 1 aromatic carbocycles. The Bertz CT molecular complexity index is 852. The van der Waals surface area contributed by atoms with Crippen LogP contribution >= 0.6 is 11.8 Å². The normalized spacial score (nSPS) is 16.0. The predicted octanol–water partition coefficient (Wildman–Crippen LogP) is 2.57. The van der Waals surface area contributed by atoms with Gasteiger partial charge in [-0.1, -0.05) is 30.0 Å². The van der Waals surface area contributed by atoms with Crippen molar-refractivity contribution in [3.05, 3.63) is 29.8 Å². The lowest BCUT2D eigenvalue weighted by Gasteiger charge is -2.28. The third kappa shape index (κ3) is 5.41. The molecule has 0 spiro atoms. The smallest absolute Gasteiger partial charge is 0.378 e. The molecule has 0 radical (unpaired) electrons. The fourth-order valence-electron chi connectivity index (χ4n) is 2.87. The first-order valence-corrected chi connectivity index (χ1v) is 9.99. The van der Waals surface area contributed by atoms with Gasteiger partial charge in [0.05, 0.1) is 24.2 Å². The van der Waals surface area contributed by atoms with Crippen molar-refractivity contribution in [3.63, 3.8) is 0 Å². The number of hydrogen-bond donors (Lipinski definition) is 1. The maximum Gasteiger partial charge on any atom is 0.405 e. The molecule has 11 heteroatoms. The molecule has 2 aromatic rings. The summed E-state index contributed by atoms with van der Waals surface area (Å²) in [5.74, 6) is -0.0902. The number of ether oxygens (including phenoxy) is 1. The summed E-state index contributed by atoms with van der Waals surface area (Å²) >= 11 is 1.07. The first kappa shape index (κ1) is 21.4. The van der Waals surface area contributed by atoms with Crippen LogP contribution in [-0.2, 0) is 9.53 Å². The van der Waals surface area contributed by atoms with Gasteiger partial charge in [0, 0.05) is 13.1 Å². The zero-order chi connectivity index (χ0) is 21.0. The SMILES string of the molecule is Cc1ccccc1-n1c(SC(C)C(=O)NCC(F)(F)F)nnc1N1CCOCC1. The monoisotopic (exact) mass is 429 g/mol. The van der Waals surface area contributed by atoms with Crippen LogP contribution in [0.4, 0.5) is 19.1 Å². The van der Waals surface area contributed by atoms with Crippen molar-refractivity contribution in [1.29, 1.82) is 0 Å². The van der Waals surface area contributed by atoms with Gasteiger partial charge in [0.15, 0.2) is 5.16 Å². The summed E-state index contributed by atoms with van der Waals surface area (Å²) in [6.45, 7) is 4.57. The number of hydrogen-bond acceptors (Lipinski definition) is 6. The Labute approximate surface area is 170 Å². The van der Waals surface area contributed by atoms with Crippen LogP contribution in [-0.4, -0.2) is 64.9 Å². The van der Waals surface area contributed by atoms with Gasteiger partial charge >= 0.3 is 6.18 Å². The van der Waals surface area contributed by atoms with E-state index in [-0.39, 0.29) is 0 Å². The molecule has 29 heavy (non-hydrogen) atoms. The molecule has 1 unspecified atom stereocenters. The van der Waals surface area contributed by atoms with Gasteiger partial charge < -0.3 is 15.0 Å². The Kier molecular flexibility index (Phi) is 6.68. The minimum atomic E-state index is -4.45. The van der Waals surface area contributed by atoms with E-state index in [2.05, 4.69) is 10.2 Å². The molecule has 158 valence electrons. The van der Waals surface area contributed by atoms with E-state index >= 15 is 0 Å². The van der Waals surface area contributed by atoms with Crippen LogP contribution in [0, 0.1) is 6.92 Å². The van der Waals surface area contributed by atoms with E-state index in [9.17, 15) is 18.0 Å². The second-order valence-corrected chi connectivity index (χ2v) is 7.90. The molecule has 1 atom stereocenters. The lowest BCUT2D eigenvalue weighted by molar-refractivity contribution is -0.137. The third-order valence-corrected chi connectivity index (χ3v) is 5.42. The Morgan fingerprint density at radius 3 is 2.62 bits per heavy atom. The number of benzene rings is 1. The van der Waals surface area contributed by atoms with Gasteiger partial charge in [0.1, 0.15) is 6.54 Å². The number of nitrogens with zero attached hydrogens (tertiary/aromatic N) is 4. The summed E-state index contributed by atoms with van der Waals surface area (Å²) in [4.78, 5) is 14.1. The molecule has 1 aromatic heterocycles. The number of halogens is 3. The van der Waals surface area contributed by atoms with Crippen LogP contribution in [0.15, 0.2) is 29.4 Å². The molecule has 0 aliphatic carbocycles. The summed E-state index contributed by atoms with van der Waals surface area (Å²) in [5, 5.41) is 10.1. The predicted molar refractivity (Wildman–Crippen MR) is 104 cm³/mol. The first-order valence-electron chi connectivity index (χ1n) is 9.11. The highest BCUT2D eigenvalue weighted by atomic mass is 32.2. The van der Waals surface area contributed by atoms with Crippen molar-refractivity contribution in [3.8, 4) is 5.69 Å². The average Bonchev–Trinajstić information content (AvgIpc) is 3.09. The zero-order valence-electron chi connectivity index (χ0n) is 16.1. The van der Waals surface area contributed by atoms with Gasteiger partial charge in [0.2, 0.25) is 11.9 Å². The number of rotatable bonds is 6. The van der Waals surface area contributed by atoms with Crippen molar-refractivity contribution in [2.75, 3.05) is 37.7 Å². The third-order valence-electron chi connectivity index (χ3n) is 4.38. The number of aryl methyl sites for hydroxylation is 1. The van der Waals surface area contributed by atoms with E-state index in [1.165, 1.54) is 0 Å². The first-order chi connectivity index (χ1) is 13.8. The lowest BCUT2D eigenvalue weighted by Crippen LogP contribution is -2.38. The average molecular weight is 429 g/mol. The van der Waals surface area contributed by atoms with E-state index < -0.39 is 23.9 Å². The van der Waals surface area contributed by atoms with E-state index in [1.54, 1.807) is 6.92 Å². The van der Waals surface area contributed by atoms with Gasteiger partial charge in [-0.25, -0.2) is 0 Å². The van der Waals surface area contributed by atoms with Crippen molar-refractivity contribution < 1.29 is 22.7 Å². The van der Waals surface area contributed by atoms with E-state index in [4.69, 9.17) is 4.74 Å². The van der Waals surface area contributed by atoms with Crippen molar-refractivity contribution >= 4 is 23.6 Å². The number of carbonyl (C=O) groups is 1. The summed E-state index contributed by atoms with van der Waals surface area (Å²) in [6.07, 6.45) is -4.45. The molecule has 1 amide bonds. The van der Waals surface area contributed by atoms with Gasteiger partial charge in [-0.05, 0) is 25.5 Å². The van der Waals surface area contributed by atoms with Gasteiger partial charge in [-0.15, -0.1) is 10.2 Å². The fraction of sp³-hybridized carbons (Fsp3) is 0.500. The van der Waals surface area contributed by atoms with Gasteiger partial charge in [-0.3, -0.25) is 9.36 Å². The van der Waals surface area contributed by atoms with Gasteiger partial charge in [-0.2, -0.15) is 13.2 Å². The molecule has 0 saturated carbocycles. The number of alkyl halides is 3. The minimum Gasteiger partial charge on any atom is -0.378 e. The number of nitrogens with one attached hydrogen (secondary N) is 1. The maximum atomic E-state index is 12.4. The number of thioether (sulfide) groups is 1. The second-order valence-electron chi connectivity index (χ2n) is 6.60. The largest absolute Gasteiger partial charge is 0.405 e. The summed E-state index contributed by atoms with van der Waals surface area (Å²) in [6, 6.07) is 7.67. The van der Waals surface area contributed by atoms with Crippen LogP contribution in [0.25, 0.3) is 5.69 Å². The number of anilines is 1. The molecule has 1 saturated heterocycles. The summed E-state index contributed by atoms with van der Waals surface area (Å²) in [7, 11) is 0. The van der Waals surface area contributed by atoms with E-state index in [1.807, 2.05) is 46.0 Å². The maximum absolute atomic E-state index is 12.4. The van der Waals surface area contributed by atoms with Crippen LogP contribution < -0.4 is 10.2 Å². The van der Waals surface area contributed by atoms with E-state index in [0.717, 1.165) is 23.0 Å².